The van der Waals surface area contributed by atoms with Crippen molar-refractivity contribution in [2.24, 2.45) is 5.92 Å². The van der Waals surface area contributed by atoms with Crippen LogP contribution in [0, 0.1) is 5.92 Å². The molecular weight excluding hydrogens is 316 g/mol. The highest BCUT2D eigenvalue weighted by atomic mass is 32.2. The van der Waals surface area contributed by atoms with Crippen LogP contribution in [0.5, 0.6) is 0 Å². The molecule has 0 bridgehead atoms. The zero-order valence-electron chi connectivity index (χ0n) is 13.1. The van der Waals surface area contributed by atoms with Crippen molar-refractivity contribution in [3.05, 3.63) is 35.4 Å². The van der Waals surface area contributed by atoms with Crippen molar-refractivity contribution in [2.45, 2.75) is 25.5 Å². The maximum atomic E-state index is 12.5. The zero-order chi connectivity index (χ0) is 16.6. The lowest BCUT2D eigenvalue weighted by Gasteiger charge is -2.33. The van der Waals surface area contributed by atoms with Crippen LogP contribution in [-0.2, 0) is 20.6 Å². The van der Waals surface area contributed by atoms with Gasteiger partial charge in [0, 0.05) is 18.7 Å². The molecule has 0 aromatic heterocycles. The number of hydrogen-bond acceptors (Lipinski definition) is 4. The Bertz CT molecular complexity index is 744. The summed E-state index contributed by atoms with van der Waals surface area (Å²) < 4.78 is 25.5. The fourth-order valence-corrected chi connectivity index (χ4v) is 4.66. The number of fused-ring (bicyclic) bond motifs is 1. The fraction of sp³-hybridized carbons (Fsp3) is 0.500. The van der Waals surface area contributed by atoms with Crippen molar-refractivity contribution in [1.82, 2.24) is 9.21 Å². The number of piperidine rings is 1. The summed E-state index contributed by atoms with van der Waals surface area (Å²) in [7, 11) is -3.80. The van der Waals surface area contributed by atoms with Crippen LogP contribution < -0.4 is 0 Å². The number of carbonyl (C=O) groups excluding carboxylic acids is 2. The van der Waals surface area contributed by atoms with Gasteiger partial charge in [0.1, 0.15) is 6.54 Å². The molecule has 0 unspecified atom stereocenters. The van der Waals surface area contributed by atoms with E-state index in [1.54, 1.807) is 29.2 Å². The molecule has 23 heavy (non-hydrogen) atoms. The molecule has 1 fully saturated rings. The second kappa shape index (κ2) is 5.96. The van der Waals surface area contributed by atoms with Gasteiger partial charge in [0.25, 0.3) is 5.91 Å². The lowest BCUT2D eigenvalue weighted by molar-refractivity contribution is -0.132. The summed E-state index contributed by atoms with van der Waals surface area (Å²) in [6.45, 7) is 2.92. The molecule has 124 valence electrons. The van der Waals surface area contributed by atoms with Crippen LogP contribution in [0.2, 0.25) is 0 Å². The van der Waals surface area contributed by atoms with E-state index in [0.29, 0.717) is 30.1 Å². The highest BCUT2D eigenvalue weighted by Crippen LogP contribution is 2.25. The Labute approximate surface area is 136 Å². The van der Waals surface area contributed by atoms with Gasteiger partial charge in [-0.25, -0.2) is 12.7 Å². The standard InChI is InChI=1S/C16H20N2O4S/c1-12-5-4-8-17(9-12)15(19)10-18-16(20)14-7-3-2-6-13(14)11-23(18,21)22/h2-3,6-7,12H,4-5,8-11H2,1H3/t12-/m0/s1. The van der Waals surface area contributed by atoms with Gasteiger partial charge < -0.3 is 4.90 Å². The van der Waals surface area contributed by atoms with Gasteiger partial charge in [-0.3, -0.25) is 9.59 Å². The highest BCUT2D eigenvalue weighted by Gasteiger charge is 2.37. The molecule has 6 nitrogen and oxygen atoms in total. The zero-order valence-corrected chi connectivity index (χ0v) is 13.9. The van der Waals surface area contributed by atoms with Gasteiger partial charge in [0.05, 0.1) is 5.75 Å². The molecule has 0 aliphatic carbocycles. The van der Waals surface area contributed by atoms with Gasteiger partial charge >= 0.3 is 0 Å². The van der Waals surface area contributed by atoms with Gasteiger partial charge in [0.15, 0.2) is 0 Å². The number of rotatable bonds is 2. The van der Waals surface area contributed by atoms with Gasteiger partial charge in [-0.1, -0.05) is 25.1 Å². The number of benzene rings is 1. The van der Waals surface area contributed by atoms with E-state index in [4.69, 9.17) is 0 Å². The number of likely N-dealkylation sites (tertiary alicyclic amines) is 1. The number of hydrogen-bond donors (Lipinski definition) is 0. The Morgan fingerprint density at radius 1 is 1.30 bits per heavy atom. The molecule has 2 aliphatic rings. The predicted molar refractivity (Wildman–Crippen MR) is 85.1 cm³/mol. The molecule has 0 saturated carbocycles. The van der Waals surface area contributed by atoms with Crippen LogP contribution in [0.15, 0.2) is 24.3 Å². The summed E-state index contributed by atoms with van der Waals surface area (Å²) >= 11 is 0. The minimum absolute atomic E-state index is 0.238. The Morgan fingerprint density at radius 3 is 2.78 bits per heavy atom. The Morgan fingerprint density at radius 2 is 2.04 bits per heavy atom. The second-order valence-corrected chi connectivity index (χ2v) is 8.21. The van der Waals surface area contributed by atoms with Crippen molar-refractivity contribution in [1.29, 1.82) is 0 Å². The quantitative estimate of drug-likeness (QED) is 0.814. The maximum Gasteiger partial charge on any atom is 0.268 e. The first kappa shape index (κ1) is 16.0. The first-order valence-corrected chi connectivity index (χ1v) is 9.40. The SMILES string of the molecule is C[C@H]1CCCN(C(=O)CN2C(=O)c3ccccc3CS2(=O)=O)C1. The van der Waals surface area contributed by atoms with Crippen molar-refractivity contribution in [2.75, 3.05) is 19.6 Å². The molecule has 0 N–H and O–H groups in total. The summed E-state index contributed by atoms with van der Waals surface area (Å²) in [4.78, 5) is 26.6. The topological polar surface area (TPSA) is 74.8 Å². The number of nitrogens with zero attached hydrogens (tertiary/aromatic N) is 2. The van der Waals surface area contributed by atoms with E-state index in [0.717, 1.165) is 17.1 Å². The molecule has 1 aromatic carbocycles. The number of amides is 2. The van der Waals surface area contributed by atoms with Crippen LogP contribution in [-0.4, -0.2) is 49.1 Å². The first-order chi connectivity index (χ1) is 10.9. The smallest absolute Gasteiger partial charge is 0.268 e. The average Bonchev–Trinajstić information content (AvgIpc) is 2.51. The molecule has 0 spiro atoms. The first-order valence-electron chi connectivity index (χ1n) is 7.79. The number of sulfonamides is 1. The summed E-state index contributed by atoms with van der Waals surface area (Å²) in [5.74, 6) is -0.737. The molecule has 1 aromatic rings. The van der Waals surface area contributed by atoms with Crippen molar-refractivity contribution in [3.63, 3.8) is 0 Å². The van der Waals surface area contributed by atoms with Gasteiger partial charge in [-0.15, -0.1) is 0 Å². The monoisotopic (exact) mass is 336 g/mol. The van der Waals surface area contributed by atoms with E-state index in [1.165, 1.54) is 0 Å². The largest absolute Gasteiger partial charge is 0.341 e. The van der Waals surface area contributed by atoms with Crippen molar-refractivity contribution >= 4 is 21.8 Å². The lowest BCUT2D eigenvalue weighted by Crippen LogP contribution is -2.50. The van der Waals surface area contributed by atoms with Crippen LogP contribution in [0.1, 0.15) is 35.7 Å². The third-order valence-corrected chi connectivity index (χ3v) is 6.08. The van der Waals surface area contributed by atoms with Crippen LogP contribution in [0.4, 0.5) is 0 Å². The van der Waals surface area contributed by atoms with Gasteiger partial charge in [0.2, 0.25) is 15.9 Å². The normalized spacial score (nSPS) is 23.5. The predicted octanol–water partition coefficient (Wildman–Crippen LogP) is 1.23. The molecule has 7 heteroatoms. The minimum Gasteiger partial charge on any atom is -0.341 e. The molecule has 3 rings (SSSR count). The van der Waals surface area contributed by atoms with Crippen LogP contribution in [0.25, 0.3) is 0 Å². The summed E-state index contributed by atoms with van der Waals surface area (Å²) in [5, 5.41) is 0. The molecule has 2 aliphatic heterocycles. The summed E-state index contributed by atoms with van der Waals surface area (Å²) in [6.07, 6.45) is 1.98. The van der Waals surface area contributed by atoms with Crippen molar-refractivity contribution in [3.8, 4) is 0 Å². The summed E-state index contributed by atoms with van der Waals surface area (Å²) in [6, 6.07) is 6.64. The molecule has 2 heterocycles. The second-order valence-electron chi connectivity index (χ2n) is 6.31. The van der Waals surface area contributed by atoms with Gasteiger partial charge in [-0.05, 0) is 30.4 Å². The molecule has 1 saturated heterocycles. The van der Waals surface area contributed by atoms with Crippen LogP contribution >= 0.6 is 0 Å². The lowest BCUT2D eigenvalue weighted by atomic mass is 10.0. The van der Waals surface area contributed by atoms with E-state index in [1.807, 2.05) is 0 Å². The molecular formula is C16H20N2O4S. The number of carbonyl (C=O) groups is 2. The molecule has 2 amide bonds. The maximum absolute atomic E-state index is 12.5. The molecule has 1 atom stereocenters. The van der Waals surface area contributed by atoms with Gasteiger partial charge in [-0.2, -0.15) is 0 Å². The Hall–Kier alpha value is -1.89. The Balaban J connectivity index is 1.82. The third-order valence-electron chi connectivity index (χ3n) is 4.44. The van der Waals surface area contributed by atoms with Crippen molar-refractivity contribution < 1.29 is 18.0 Å². The van der Waals surface area contributed by atoms with Crippen LogP contribution in [0.3, 0.4) is 0 Å². The average molecular weight is 336 g/mol. The van der Waals surface area contributed by atoms with E-state index < -0.39 is 22.5 Å². The molecule has 0 radical (unpaired) electrons. The highest BCUT2D eigenvalue weighted by molar-refractivity contribution is 7.89. The Kier molecular flexibility index (Phi) is 4.14. The third kappa shape index (κ3) is 3.10. The van der Waals surface area contributed by atoms with E-state index in [-0.39, 0.29) is 11.7 Å². The van der Waals surface area contributed by atoms with E-state index >= 15 is 0 Å². The fourth-order valence-electron chi connectivity index (χ4n) is 3.20. The summed E-state index contributed by atoms with van der Waals surface area (Å²) in [5.41, 5.74) is 0.856. The van der Waals surface area contributed by atoms with E-state index in [2.05, 4.69) is 6.92 Å². The minimum atomic E-state index is -3.80. The van der Waals surface area contributed by atoms with E-state index in [9.17, 15) is 18.0 Å².